The molecule has 1 unspecified atom stereocenters. The molecular weight excluding hydrogens is 508 g/mol. The Labute approximate surface area is 153 Å². The van der Waals surface area contributed by atoms with Gasteiger partial charge in [-0.15, -0.1) is 0 Å². The van der Waals surface area contributed by atoms with Crippen LogP contribution in [0.2, 0.25) is 0 Å². The number of carbonyl (C=O) groups is 1. The summed E-state index contributed by atoms with van der Waals surface area (Å²) in [6.45, 7) is 1.94. The van der Waals surface area contributed by atoms with Gasteiger partial charge in [0.25, 0.3) is 5.66 Å². The maximum atomic E-state index is 13.3. The third-order valence-electron chi connectivity index (χ3n) is 3.05. The summed E-state index contributed by atoms with van der Waals surface area (Å²) in [6, 6.07) is 0. The van der Waals surface area contributed by atoms with Crippen LogP contribution in [0.5, 0.6) is 0 Å². The van der Waals surface area contributed by atoms with E-state index in [4.69, 9.17) is 0 Å². The quantitative estimate of drug-likeness (QED) is 0.139. The Morgan fingerprint density at radius 2 is 1.36 bits per heavy atom. The average molecular weight is 520 g/mol. The summed E-state index contributed by atoms with van der Waals surface area (Å²) >= 11 is 5.35. The van der Waals surface area contributed by atoms with Crippen molar-refractivity contribution >= 4 is 37.8 Å². The number of ether oxygens (including phenoxy) is 1. The van der Waals surface area contributed by atoms with Crippen LogP contribution in [0.25, 0.3) is 0 Å². The van der Waals surface area contributed by atoms with Crippen LogP contribution in [-0.4, -0.2) is 48.5 Å². The summed E-state index contributed by atoms with van der Waals surface area (Å²) in [5.74, 6) is -7.10. The Hall–Kier alpha value is -0.290. The lowest BCUT2D eigenvalue weighted by Crippen LogP contribution is -2.75. The number of hydrogen-bond donors (Lipinski definition) is 0. The average Bonchev–Trinajstić information content (AvgIpc) is 2.48. The predicted octanol–water partition coefficient (Wildman–Crippen LogP) is 4.51. The second-order valence-electron chi connectivity index (χ2n) is 4.83. The molecular formula is C9H12Br2F8N4O2. The number of esters is 1. The number of nitrogens with zero attached hydrogens (tertiary/aromatic N) is 4. The Morgan fingerprint density at radius 1 is 0.960 bits per heavy atom. The first-order valence-corrected chi connectivity index (χ1v) is 8.14. The van der Waals surface area contributed by atoms with Gasteiger partial charge in [0.2, 0.25) is 0 Å². The third kappa shape index (κ3) is 4.35. The van der Waals surface area contributed by atoms with Crippen molar-refractivity contribution in [1.82, 2.24) is 21.4 Å². The van der Waals surface area contributed by atoms with E-state index in [0.717, 1.165) is 13.8 Å². The standard InChI is InChI=1S/C9H12Br2F8N4O2/c1-3-4-8(20(12)13,21(14)15)9(22(16)17,23(18)19)25-6(24)7(2,11)5-10/h3-5H2,1-2H3. The zero-order valence-electron chi connectivity index (χ0n) is 12.5. The molecule has 0 amide bonds. The maximum Gasteiger partial charge on any atom is 0.378 e. The van der Waals surface area contributed by atoms with Gasteiger partial charge in [0.05, 0.1) is 21.4 Å². The van der Waals surface area contributed by atoms with Crippen molar-refractivity contribution in [3.8, 4) is 0 Å². The van der Waals surface area contributed by atoms with Crippen LogP contribution in [0.15, 0.2) is 0 Å². The second-order valence-corrected chi connectivity index (χ2v) is 7.14. The highest BCUT2D eigenvalue weighted by atomic mass is 79.9. The molecule has 0 N–H and O–H groups in total. The minimum atomic E-state index is -5.16. The lowest BCUT2D eigenvalue weighted by Gasteiger charge is -2.46. The first kappa shape index (κ1) is 24.7. The molecule has 0 aliphatic rings. The molecule has 0 aromatic rings. The van der Waals surface area contributed by atoms with Crippen LogP contribution in [0, 0.1) is 0 Å². The lowest BCUT2D eigenvalue weighted by molar-refractivity contribution is -0.540. The molecule has 0 aliphatic carbocycles. The number of rotatable bonds is 10. The normalized spacial score (nSPS) is 16.0. The SMILES string of the molecule is CCCC(N(F)F)(N(F)F)C(OC(=O)C(C)(Br)CBr)(N(F)F)N(F)F. The third-order valence-corrected chi connectivity index (χ3v) is 5.53. The zero-order valence-corrected chi connectivity index (χ0v) is 15.7. The highest BCUT2D eigenvalue weighted by Gasteiger charge is 2.76. The van der Waals surface area contributed by atoms with Crippen LogP contribution in [0.1, 0.15) is 26.7 Å². The monoisotopic (exact) mass is 518 g/mol. The van der Waals surface area contributed by atoms with Gasteiger partial charge >= 0.3 is 11.8 Å². The van der Waals surface area contributed by atoms with Gasteiger partial charge in [-0.2, -0.15) is 0 Å². The minimum Gasteiger partial charge on any atom is -0.416 e. The van der Waals surface area contributed by atoms with Crippen molar-refractivity contribution < 1.29 is 45.4 Å². The van der Waals surface area contributed by atoms with Crippen molar-refractivity contribution in [3.05, 3.63) is 0 Å². The van der Waals surface area contributed by atoms with Crippen LogP contribution >= 0.6 is 31.9 Å². The van der Waals surface area contributed by atoms with E-state index in [2.05, 4.69) is 36.6 Å². The van der Waals surface area contributed by atoms with Crippen LogP contribution in [0.4, 0.5) is 35.9 Å². The van der Waals surface area contributed by atoms with Gasteiger partial charge in [-0.3, -0.25) is 4.79 Å². The molecule has 1 atom stereocenters. The van der Waals surface area contributed by atoms with Gasteiger partial charge in [0, 0.05) is 5.33 Å². The first-order chi connectivity index (χ1) is 11.3. The maximum absolute atomic E-state index is 13.3. The van der Waals surface area contributed by atoms with Crippen LogP contribution in [-0.2, 0) is 9.53 Å². The molecule has 25 heavy (non-hydrogen) atoms. The number of halogens is 10. The lowest BCUT2D eigenvalue weighted by atomic mass is 9.99. The molecule has 0 heterocycles. The summed E-state index contributed by atoms with van der Waals surface area (Å²) in [4.78, 5) is 11.9. The zero-order chi connectivity index (χ0) is 20.2. The van der Waals surface area contributed by atoms with Crippen LogP contribution < -0.4 is 0 Å². The summed E-state index contributed by atoms with van der Waals surface area (Å²) in [7, 11) is 0. The van der Waals surface area contributed by atoms with Gasteiger partial charge < -0.3 is 4.74 Å². The fourth-order valence-corrected chi connectivity index (χ4v) is 2.04. The van der Waals surface area contributed by atoms with Gasteiger partial charge in [-0.05, 0) is 13.3 Å². The van der Waals surface area contributed by atoms with Gasteiger partial charge in [0.1, 0.15) is 4.32 Å². The molecule has 0 aromatic carbocycles. The van der Waals surface area contributed by atoms with E-state index in [1.807, 2.05) is 0 Å². The first-order valence-electron chi connectivity index (χ1n) is 6.23. The molecule has 0 aromatic heterocycles. The van der Waals surface area contributed by atoms with Gasteiger partial charge in [0.15, 0.2) is 0 Å². The predicted molar refractivity (Wildman–Crippen MR) is 73.8 cm³/mol. The van der Waals surface area contributed by atoms with E-state index in [0.29, 0.717) is 0 Å². The summed E-state index contributed by atoms with van der Waals surface area (Å²) in [5.41, 5.74) is -4.72. The number of carbonyl (C=O) groups excluding carboxylic acids is 1. The molecule has 16 heteroatoms. The summed E-state index contributed by atoms with van der Waals surface area (Å²) in [5, 5.41) is -11.0. The molecule has 0 aliphatic heterocycles. The fraction of sp³-hybridized carbons (Fsp3) is 0.889. The Balaban J connectivity index is 6.60. The van der Waals surface area contributed by atoms with E-state index in [1.165, 1.54) is 0 Å². The fourth-order valence-electron chi connectivity index (χ4n) is 1.73. The molecule has 6 nitrogen and oxygen atoms in total. The summed E-state index contributed by atoms with van der Waals surface area (Å²) < 4.78 is 108. The highest BCUT2D eigenvalue weighted by Crippen LogP contribution is 2.47. The molecule has 0 saturated carbocycles. The van der Waals surface area contributed by atoms with Crippen molar-refractivity contribution in [2.75, 3.05) is 5.33 Å². The molecule has 0 radical (unpaired) electrons. The molecule has 0 spiro atoms. The Kier molecular flexibility index (Phi) is 8.97. The van der Waals surface area contributed by atoms with Crippen molar-refractivity contribution in [1.29, 1.82) is 0 Å². The second kappa shape index (κ2) is 9.07. The van der Waals surface area contributed by atoms with Gasteiger partial charge in [-0.25, -0.2) is 0 Å². The Bertz CT molecular complexity index is 441. The molecule has 0 bridgehead atoms. The number of alkyl halides is 2. The van der Waals surface area contributed by atoms with Crippen molar-refractivity contribution in [2.24, 2.45) is 0 Å². The Morgan fingerprint density at radius 3 is 1.60 bits per heavy atom. The molecule has 0 fully saturated rings. The topological polar surface area (TPSA) is 39.3 Å². The van der Waals surface area contributed by atoms with E-state index < -0.39 is 61.4 Å². The van der Waals surface area contributed by atoms with E-state index in [9.17, 15) is 40.6 Å². The molecule has 0 rings (SSSR count). The highest BCUT2D eigenvalue weighted by molar-refractivity contribution is 9.12. The number of hydrogen-bond acceptors (Lipinski definition) is 6. The summed E-state index contributed by atoms with van der Waals surface area (Å²) in [6.07, 6.45) is -2.32. The van der Waals surface area contributed by atoms with Crippen molar-refractivity contribution in [3.63, 3.8) is 0 Å². The van der Waals surface area contributed by atoms with Gasteiger partial charge in [-0.1, -0.05) is 81.1 Å². The van der Waals surface area contributed by atoms with E-state index >= 15 is 0 Å². The van der Waals surface area contributed by atoms with Crippen LogP contribution in [0.3, 0.4) is 0 Å². The molecule has 150 valence electrons. The minimum absolute atomic E-state index is 0.406. The smallest absolute Gasteiger partial charge is 0.378 e. The largest absolute Gasteiger partial charge is 0.416 e. The molecule has 0 saturated heterocycles. The van der Waals surface area contributed by atoms with E-state index in [-0.39, 0.29) is 0 Å². The van der Waals surface area contributed by atoms with Crippen molar-refractivity contribution in [2.45, 2.75) is 42.5 Å². The van der Waals surface area contributed by atoms with E-state index in [1.54, 1.807) is 0 Å².